The lowest BCUT2D eigenvalue weighted by Crippen LogP contribution is -2.28. The van der Waals surface area contributed by atoms with Crippen molar-refractivity contribution in [1.82, 2.24) is 4.98 Å². The number of rotatable bonds is 6. The molecular formula is C15H23ClN2. The zero-order valence-electron chi connectivity index (χ0n) is 11.6. The normalized spacial score (nSPS) is 15.2. The fraction of sp³-hybridized carbons (Fsp3) is 0.667. The quantitative estimate of drug-likeness (QED) is 0.720. The molecule has 1 aromatic rings. The van der Waals surface area contributed by atoms with E-state index in [1.54, 1.807) is 0 Å². The van der Waals surface area contributed by atoms with Gasteiger partial charge < -0.3 is 4.90 Å². The number of alkyl halides is 1. The van der Waals surface area contributed by atoms with E-state index in [4.69, 9.17) is 11.6 Å². The van der Waals surface area contributed by atoms with Crippen LogP contribution in [0.15, 0.2) is 12.1 Å². The molecule has 1 aliphatic rings. The highest BCUT2D eigenvalue weighted by molar-refractivity contribution is 6.17. The molecule has 2 nitrogen and oxygen atoms in total. The van der Waals surface area contributed by atoms with Crippen LogP contribution in [-0.4, -0.2) is 17.6 Å². The van der Waals surface area contributed by atoms with Gasteiger partial charge in [-0.25, -0.2) is 4.98 Å². The fourth-order valence-electron chi connectivity index (χ4n) is 2.21. The van der Waals surface area contributed by atoms with E-state index in [1.807, 2.05) is 6.92 Å². The molecule has 100 valence electrons. The molecule has 1 aromatic heterocycles. The Hall–Kier alpha value is -0.760. The molecule has 18 heavy (non-hydrogen) atoms. The van der Waals surface area contributed by atoms with Crippen molar-refractivity contribution in [2.75, 3.05) is 11.4 Å². The van der Waals surface area contributed by atoms with Crippen LogP contribution in [0.3, 0.4) is 0 Å². The van der Waals surface area contributed by atoms with Crippen molar-refractivity contribution in [2.24, 2.45) is 5.92 Å². The van der Waals surface area contributed by atoms with Crippen molar-refractivity contribution >= 4 is 17.4 Å². The zero-order valence-corrected chi connectivity index (χ0v) is 12.4. The predicted molar refractivity (Wildman–Crippen MR) is 78.4 cm³/mol. The zero-order chi connectivity index (χ0) is 13.1. The summed E-state index contributed by atoms with van der Waals surface area (Å²) in [6.07, 6.45) is 3.84. The van der Waals surface area contributed by atoms with E-state index in [-0.39, 0.29) is 0 Å². The minimum absolute atomic E-state index is 0.568. The summed E-state index contributed by atoms with van der Waals surface area (Å²) in [5.74, 6) is 2.43. The van der Waals surface area contributed by atoms with Crippen LogP contribution in [0.1, 0.15) is 44.4 Å². The van der Waals surface area contributed by atoms with Crippen LogP contribution in [0.5, 0.6) is 0 Å². The molecule has 0 aliphatic heterocycles. The number of hydrogen-bond acceptors (Lipinski definition) is 2. The minimum atomic E-state index is 0.568. The van der Waals surface area contributed by atoms with Gasteiger partial charge in [-0.15, -0.1) is 11.6 Å². The Kier molecular flexibility index (Phi) is 4.50. The van der Waals surface area contributed by atoms with Gasteiger partial charge in [-0.3, -0.25) is 0 Å². The maximum atomic E-state index is 5.95. The third-order valence-corrected chi connectivity index (χ3v) is 3.69. The van der Waals surface area contributed by atoms with E-state index in [9.17, 15) is 0 Å². The lowest BCUT2D eigenvalue weighted by atomic mass is 10.1. The molecule has 1 fully saturated rings. The summed E-state index contributed by atoms with van der Waals surface area (Å²) in [5, 5.41) is 0. The van der Waals surface area contributed by atoms with Crippen LogP contribution in [0, 0.1) is 12.8 Å². The second-order valence-electron chi connectivity index (χ2n) is 5.72. The van der Waals surface area contributed by atoms with Gasteiger partial charge in [0.05, 0.1) is 0 Å². The first-order valence-corrected chi connectivity index (χ1v) is 7.43. The molecule has 0 bridgehead atoms. The van der Waals surface area contributed by atoms with Crippen molar-refractivity contribution in [3.8, 4) is 0 Å². The summed E-state index contributed by atoms with van der Waals surface area (Å²) in [6.45, 7) is 7.71. The first-order chi connectivity index (χ1) is 8.60. The molecule has 2 rings (SSSR count). The van der Waals surface area contributed by atoms with Gasteiger partial charge in [0.25, 0.3) is 0 Å². The number of aryl methyl sites for hydroxylation is 1. The highest BCUT2D eigenvalue weighted by Crippen LogP contribution is 2.32. The Morgan fingerprint density at radius 2 is 2.11 bits per heavy atom. The van der Waals surface area contributed by atoms with Gasteiger partial charge in [-0.1, -0.05) is 13.8 Å². The topological polar surface area (TPSA) is 16.1 Å². The molecule has 1 saturated carbocycles. The first-order valence-electron chi connectivity index (χ1n) is 6.90. The highest BCUT2D eigenvalue weighted by atomic mass is 35.5. The van der Waals surface area contributed by atoms with E-state index in [1.165, 1.54) is 24.8 Å². The van der Waals surface area contributed by atoms with Gasteiger partial charge in [0, 0.05) is 24.2 Å². The molecule has 0 saturated heterocycles. The summed E-state index contributed by atoms with van der Waals surface area (Å²) in [7, 11) is 0. The summed E-state index contributed by atoms with van der Waals surface area (Å²) < 4.78 is 0. The maximum absolute atomic E-state index is 5.95. The van der Waals surface area contributed by atoms with E-state index < -0.39 is 0 Å². The Morgan fingerprint density at radius 3 is 2.67 bits per heavy atom. The van der Waals surface area contributed by atoms with Gasteiger partial charge in [-0.05, 0) is 49.8 Å². The molecule has 1 aliphatic carbocycles. The Morgan fingerprint density at radius 1 is 1.39 bits per heavy atom. The molecule has 0 aromatic carbocycles. The van der Waals surface area contributed by atoms with Crippen LogP contribution in [0.2, 0.25) is 0 Å². The number of aromatic nitrogens is 1. The smallest absolute Gasteiger partial charge is 0.129 e. The van der Waals surface area contributed by atoms with Gasteiger partial charge >= 0.3 is 0 Å². The third kappa shape index (κ3) is 3.61. The molecule has 0 N–H and O–H groups in total. The molecule has 0 radical (unpaired) electrons. The van der Waals surface area contributed by atoms with E-state index in [0.717, 1.165) is 24.0 Å². The number of anilines is 1. The van der Waals surface area contributed by atoms with Gasteiger partial charge in [0.2, 0.25) is 0 Å². The number of halogens is 1. The Balaban J connectivity index is 2.16. The van der Waals surface area contributed by atoms with Gasteiger partial charge in [0.1, 0.15) is 5.82 Å². The first kappa shape index (κ1) is 13.7. The van der Waals surface area contributed by atoms with Gasteiger partial charge in [0.15, 0.2) is 0 Å². The molecule has 3 heteroatoms. The van der Waals surface area contributed by atoms with E-state index in [2.05, 4.69) is 35.9 Å². The Labute approximate surface area is 115 Å². The van der Waals surface area contributed by atoms with Crippen LogP contribution < -0.4 is 4.90 Å². The third-order valence-electron chi connectivity index (χ3n) is 3.38. The van der Waals surface area contributed by atoms with Crippen LogP contribution in [0.25, 0.3) is 0 Å². The summed E-state index contributed by atoms with van der Waals surface area (Å²) in [4.78, 5) is 7.16. The molecule has 0 unspecified atom stereocenters. The second kappa shape index (κ2) is 5.92. The van der Waals surface area contributed by atoms with Crippen LogP contribution in [0.4, 0.5) is 5.82 Å². The van der Waals surface area contributed by atoms with Gasteiger partial charge in [-0.2, -0.15) is 0 Å². The van der Waals surface area contributed by atoms with Crippen molar-refractivity contribution in [1.29, 1.82) is 0 Å². The Bertz CT molecular complexity index is 399. The van der Waals surface area contributed by atoms with Crippen molar-refractivity contribution in [3.05, 3.63) is 23.4 Å². The SMILES string of the molecule is Cc1cc(CCl)cc(N(CCC(C)C)C2CC2)n1. The minimum Gasteiger partial charge on any atom is -0.354 e. The van der Waals surface area contributed by atoms with E-state index in [0.29, 0.717) is 11.9 Å². The fourth-order valence-corrected chi connectivity index (χ4v) is 2.37. The lowest BCUT2D eigenvalue weighted by molar-refractivity contribution is 0.568. The summed E-state index contributed by atoms with van der Waals surface area (Å²) in [6, 6.07) is 4.93. The second-order valence-corrected chi connectivity index (χ2v) is 5.98. The van der Waals surface area contributed by atoms with Crippen LogP contribution in [-0.2, 0) is 5.88 Å². The summed E-state index contributed by atoms with van der Waals surface area (Å²) in [5.41, 5.74) is 2.24. The standard InChI is InChI=1S/C15H23ClN2/c1-11(2)6-7-18(14-4-5-14)15-9-13(10-16)8-12(3)17-15/h8-9,11,14H,4-7,10H2,1-3H3. The molecule has 0 spiro atoms. The predicted octanol–water partition coefficient (Wildman–Crippen LogP) is 4.14. The van der Waals surface area contributed by atoms with E-state index >= 15 is 0 Å². The summed E-state index contributed by atoms with van der Waals surface area (Å²) >= 11 is 5.95. The number of nitrogens with zero attached hydrogens (tertiary/aromatic N) is 2. The maximum Gasteiger partial charge on any atom is 0.129 e. The largest absolute Gasteiger partial charge is 0.354 e. The molecule has 0 amide bonds. The molecular weight excluding hydrogens is 244 g/mol. The van der Waals surface area contributed by atoms with Crippen molar-refractivity contribution in [3.63, 3.8) is 0 Å². The average Bonchev–Trinajstić information content (AvgIpc) is 3.12. The van der Waals surface area contributed by atoms with Crippen LogP contribution >= 0.6 is 11.6 Å². The molecule has 1 heterocycles. The van der Waals surface area contributed by atoms with Crippen molar-refractivity contribution < 1.29 is 0 Å². The highest BCUT2D eigenvalue weighted by Gasteiger charge is 2.30. The lowest BCUT2D eigenvalue weighted by Gasteiger charge is -2.25. The number of hydrogen-bond donors (Lipinski definition) is 0. The monoisotopic (exact) mass is 266 g/mol. The average molecular weight is 267 g/mol. The molecule has 0 atom stereocenters. The number of pyridine rings is 1. The van der Waals surface area contributed by atoms with Crippen molar-refractivity contribution in [2.45, 2.75) is 52.0 Å².